The molecule has 1 aromatic carbocycles. The van der Waals surface area contributed by atoms with Gasteiger partial charge in [-0.15, -0.1) is 0 Å². The molecular weight excluding hydrogens is 366 g/mol. The van der Waals surface area contributed by atoms with Crippen LogP contribution in [0.25, 0.3) is 6.08 Å². The second-order valence-corrected chi connectivity index (χ2v) is 6.86. The van der Waals surface area contributed by atoms with Crippen LogP contribution in [0.2, 0.25) is 5.02 Å². The molecular formula is C16H10ClN3O2S2. The van der Waals surface area contributed by atoms with E-state index < -0.39 is 5.91 Å². The fourth-order valence-electron chi connectivity index (χ4n) is 1.94. The third-order valence-electron chi connectivity index (χ3n) is 3.12. The largest absolute Gasteiger partial charge is 0.285 e. The summed E-state index contributed by atoms with van der Waals surface area (Å²) in [6.45, 7) is 0. The molecule has 120 valence electrons. The lowest BCUT2D eigenvalue weighted by Crippen LogP contribution is -2.44. The molecule has 0 atom stereocenters. The number of halogens is 1. The van der Waals surface area contributed by atoms with E-state index in [2.05, 4.69) is 10.4 Å². The lowest BCUT2D eigenvalue weighted by Gasteiger charge is -2.15. The van der Waals surface area contributed by atoms with E-state index in [0.29, 0.717) is 15.5 Å². The Kier molecular flexibility index (Phi) is 4.94. The van der Waals surface area contributed by atoms with E-state index in [0.717, 1.165) is 22.3 Å². The highest BCUT2D eigenvalue weighted by atomic mass is 35.5. The predicted molar refractivity (Wildman–Crippen MR) is 98.2 cm³/mol. The van der Waals surface area contributed by atoms with Gasteiger partial charge < -0.3 is 0 Å². The summed E-state index contributed by atoms with van der Waals surface area (Å²) >= 11 is 12.2. The fraction of sp³-hybridized carbons (Fsp3) is 0. The summed E-state index contributed by atoms with van der Waals surface area (Å²) in [5.41, 5.74) is 3.72. The van der Waals surface area contributed by atoms with Crippen molar-refractivity contribution >= 4 is 57.8 Å². The first-order valence-electron chi connectivity index (χ1n) is 6.79. The van der Waals surface area contributed by atoms with Gasteiger partial charge in [-0.2, -0.15) is 5.01 Å². The third kappa shape index (κ3) is 3.64. The summed E-state index contributed by atoms with van der Waals surface area (Å²) < 4.78 is 0.266. The first-order chi connectivity index (χ1) is 11.5. The van der Waals surface area contributed by atoms with Gasteiger partial charge in [0.05, 0.1) is 4.91 Å². The monoisotopic (exact) mass is 375 g/mol. The maximum absolute atomic E-state index is 12.5. The number of carbonyl (C=O) groups excluding carboxylic acids is 2. The Morgan fingerprint density at radius 2 is 1.88 bits per heavy atom. The van der Waals surface area contributed by atoms with Crippen LogP contribution in [-0.4, -0.2) is 26.1 Å². The van der Waals surface area contributed by atoms with Gasteiger partial charge in [0.1, 0.15) is 0 Å². The van der Waals surface area contributed by atoms with Crippen LogP contribution in [0.4, 0.5) is 0 Å². The van der Waals surface area contributed by atoms with E-state index in [9.17, 15) is 9.59 Å². The number of carbonyl (C=O) groups is 2. The number of benzene rings is 1. The van der Waals surface area contributed by atoms with Crippen molar-refractivity contribution in [2.75, 3.05) is 0 Å². The maximum atomic E-state index is 12.5. The van der Waals surface area contributed by atoms with Crippen LogP contribution < -0.4 is 5.43 Å². The number of rotatable bonds is 3. The van der Waals surface area contributed by atoms with Gasteiger partial charge in [-0.05, 0) is 48.1 Å². The summed E-state index contributed by atoms with van der Waals surface area (Å²) in [4.78, 5) is 28.9. The number of pyridine rings is 1. The highest BCUT2D eigenvalue weighted by Crippen LogP contribution is 2.31. The van der Waals surface area contributed by atoms with Crippen molar-refractivity contribution in [3.05, 3.63) is 69.8 Å². The molecule has 1 aliphatic heterocycles. The minimum atomic E-state index is -0.429. The van der Waals surface area contributed by atoms with Gasteiger partial charge in [0.15, 0.2) is 4.32 Å². The van der Waals surface area contributed by atoms with E-state index >= 15 is 0 Å². The molecule has 8 heteroatoms. The number of nitrogens with zero attached hydrogens (tertiary/aromatic N) is 2. The lowest BCUT2D eigenvalue weighted by atomic mass is 10.2. The van der Waals surface area contributed by atoms with Gasteiger partial charge >= 0.3 is 0 Å². The van der Waals surface area contributed by atoms with Gasteiger partial charge in [-0.25, -0.2) is 0 Å². The number of aromatic nitrogens is 1. The molecule has 1 aliphatic rings. The van der Waals surface area contributed by atoms with Crippen molar-refractivity contribution in [2.45, 2.75) is 0 Å². The number of thiocarbonyl (C=S) groups is 1. The molecule has 0 bridgehead atoms. The van der Waals surface area contributed by atoms with Crippen molar-refractivity contribution < 1.29 is 9.59 Å². The second-order valence-electron chi connectivity index (χ2n) is 4.75. The highest BCUT2D eigenvalue weighted by Gasteiger charge is 2.33. The zero-order valence-corrected chi connectivity index (χ0v) is 14.5. The first kappa shape index (κ1) is 16.6. The standard InChI is InChI=1S/C16H10ClN3O2S2/c17-12-3-1-10(2-4-12)9-13-15(22)20(16(23)24-13)19-14(21)11-5-7-18-8-6-11/h1-9H,(H,19,21)/b13-9-. The van der Waals surface area contributed by atoms with E-state index in [1.807, 2.05) is 0 Å². The van der Waals surface area contributed by atoms with Crippen LogP contribution in [-0.2, 0) is 4.79 Å². The summed E-state index contributed by atoms with van der Waals surface area (Å²) in [6, 6.07) is 10.2. The fourth-order valence-corrected chi connectivity index (χ4v) is 3.25. The topological polar surface area (TPSA) is 62.3 Å². The molecule has 2 amide bonds. The van der Waals surface area contributed by atoms with E-state index in [1.54, 1.807) is 42.5 Å². The first-order valence-corrected chi connectivity index (χ1v) is 8.39. The number of hydrogen-bond donors (Lipinski definition) is 1. The SMILES string of the molecule is O=C(NN1C(=O)/C(=C/c2ccc(Cl)cc2)SC1=S)c1ccncc1. The third-order valence-corrected chi connectivity index (χ3v) is 4.67. The minimum Gasteiger partial charge on any atom is -0.267 e. The molecule has 0 unspecified atom stereocenters. The summed E-state index contributed by atoms with van der Waals surface area (Å²) in [5.74, 6) is -0.802. The van der Waals surface area contributed by atoms with E-state index in [4.69, 9.17) is 23.8 Å². The molecule has 1 saturated heterocycles. The Bertz CT molecular complexity index is 838. The number of hydrazine groups is 1. The number of thioether (sulfide) groups is 1. The van der Waals surface area contributed by atoms with Gasteiger partial charge in [0, 0.05) is 23.0 Å². The summed E-state index contributed by atoms with van der Waals surface area (Å²) in [6.07, 6.45) is 4.70. The normalized spacial score (nSPS) is 15.9. The molecule has 1 aromatic heterocycles. The Morgan fingerprint density at radius 3 is 2.54 bits per heavy atom. The average Bonchev–Trinajstić information content (AvgIpc) is 2.85. The molecule has 5 nitrogen and oxygen atoms in total. The van der Waals surface area contributed by atoms with Crippen molar-refractivity contribution in [1.29, 1.82) is 0 Å². The zero-order valence-electron chi connectivity index (χ0n) is 12.1. The molecule has 24 heavy (non-hydrogen) atoms. The molecule has 1 fully saturated rings. The average molecular weight is 376 g/mol. The lowest BCUT2D eigenvalue weighted by molar-refractivity contribution is -0.123. The minimum absolute atomic E-state index is 0.266. The molecule has 0 radical (unpaired) electrons. The van der Waals surface area contributed by atoms with Gasteiger partial charge in [-0.3, -0.25) is 20.0 Å². The van der Waals surface area contributed by atoms with Crippen molar-refractivity contribution in [2.24, 2.45) is 0 Å². The number of hydrogen-bond acceptors (Lipinski definition) is 5. The van der Waals surface area contributed by atoms with Crippen LogP contribution in [0.3, 0.4) is 0 Å². The zero-order chi connectivity index (χ0) is 17.1. The van der Waals surface area contributed by atoms with Gasteiger partial charge in [0.25, 0.3) is 11.8 Å². The van der Waals surface area contributed by atoms with Gasteiger partial charge in [-0.1, -0.05) is 35.5 Å². The van der Waals surface area contributed by atoms with Crippen LogP contribution >= 0.6 is 35.6 Å². The molecule has 0 spiro atoms. The molecule has 1 N–H and O–H groups in total. The molecule has 3 rings (SSSR count). The van der Waals surface area contributed by atoms with E-state index in [1.165, 1.54) is 12.4 Å². The van der Waals surface area contributed by atoms with Crippen molar-refractivity contribution in [3.8, 4) is 0 Å². The Labute approximate surface area is 152 Å². The van der Waals surface area contributed by atoms with Crippen LogP contribution in [0.15, 0.2) is 53.7 Å². The number of amides is 2. The van der Waals surface area contributed by atoms with Crippen molar-refractivity contribution in [3.63, 3.8) is 0 Å². The molecule has 0 saturated carbocycles. The Balaban J connectivity index is 1.77. The second kappa shape index (κ2) is 7.12. The number of nitrogens with one attached hydrogen (secondary N) is 1. The Morgan fingerprint density at radius 1 is 1.21 bits per heavy atom. The van der Waals surface area contributed by atoms with Crippen LogP contribution in [0, 0.1) is 0 Å². The smallest absolute Gasteiger partial charge is 0.267 e. The maximum Gasteiger partial charge on any atom is 0.285 e. The Hall–Kier alpha value is -2.22. The predicted octanol–water partition coefficient (Wildman–Crippen LogP) is 3.28. The molecule has 2 heterocycles. The summed E-state index contributed by atoms with van der Waals surface area (Å²) in [5, 5.41) is 1.69. The van der Waals surface area contributed by atoms with E-state index in [-0.39, 0.29) is 10.2 Å². The molecule has 2 aromatic rings. The van der Waals surface area contributed by atoms with Crippen LogP contribution in [0.1, 0.15) is 15.9 Å². The van der Waals surface area contributed by atoms with Gasteiger partial charge in [0.2, 0.25) is 0 Å². The quantitative estimate of drug-likeness (QED) is 0.659. The molecule has 0 aliphatic carbocycles. The van der Waals surface area contributed by atoms with Crippen LogP contribution in [0.5, 0.6) is 0 Å². The van der Waals surface area contributed by atoms with Crippen molar-refractivity contribution in [1.82, 2.24) is 15.4 Å². The highest BCUT2D eigenvalue weighted by molar-refractivity contribution is 8.26. The summed E-state index contributed by atoms with van der Waals surface area (Å²) in [7, 11) is 0.